The van der Waals surface area contributed by atoms with Crippen LogP contribution in [0.1, 0.15) is 36.5 Å². The van der Waals surface area contributed by atoms with Gasteiger partial charge in [0, 0.05) is 30.7 Å². The number of piperidine rings is 1. The molecule has 132 valence electrons. The lowest BCUT2D eigenvalue weighted by atomic mass is 10.1. The Morgan fingerprint density at radius 3 is 2.60 bits per heavy atom. The Kier molecular flexibility index (Phi) is 5.15. The molecule has 0 saturated carbocycles. The number of carbonyl (C=O) groups excluding carboxylic acids is 1. The molecule has 1 atom stereocenters. The Hall–Kier alpha value is -2.25. The number of hydrogen-bond donors (Lipinski definition) is 1. The van der Waals surface area contributed by atoms with Gasteiger partial charge in [-0.25, -0.2) is 8.42 Å². The Morgan fingerprint density at radius 2 is 1.96 bits per heavy atom. The maximum absolute atomic E-state index is 12.8. The van der Waals surface area contributed by atoms with E-state index in [2.05, 4.69) is 10.3 Å². The number of rotatable bonds is 4. The van der Waals surface area contributed by atoms with Crippen LogP contribution >= 0.6 is 0 Å². The molecular formula is C18H21N3O3S. The van der Waals surface area contributed by atoms with Crippen molar-refractivity contribution in [1.29, 1.82) is 0 Å². The fraction of sp³-hybridized carbons (Fsp3) is 0.333. The Bertz CT molecular complexity index is 836. The van der Waals surface area contributed by atoms with Crippen molar-refractivity contribution in [2.24, 2.45) is 0 Å². The van der Waals surface area contributed by atoms with E-state index in [4.69, 9.17) is 0 Å². The second-order valence-corrected chi connectivity index (χ2v) is 8.07. The van der Waals surface area contributed by atoms with Crippen molar-refractivity contribution < 1.29 is 13.2 Å². The van der Waals surface area contributed by atoms with Crippen molar-refractivity contribution in [2.75, 3.05) is 11.9 Å². The summed E-state index contributed by atoms with van der Waals surface area (Å²) >= 11 is 0. The third-order valence-corrected chi connectivity index (χ3v) is 6.41. The van der Waals surface area contributed by atoms with Crippen LogP contribution in [0.15, 0.2) is 53.7 Å². The van der Waals surface area contributed by atoms with Crippen molar-refractivity contribution in [1.82, 2.24) is 9.29 Å². The molecule has 3 rings (SSSR count). The molecule has 6 nitrogen and oxygen atoms in total. The molecule has 0 aliphatic carbocycles. The van der Waals surface area contributed by atoms with Gasteiger partial charge >= 0.3 is 0 Å². The number of benzene rings is 1. The summed E-state index contributed by atoms with van der Waals surface area (Å²) in [6.45, 7) is 2.50. The van der Waals surface area contributed by atoms with Crippen LogP contribution in [-0.4, -0.2) is 36.2 Å². The fourth-order valence-electron chi connectivity index (χ4n) is 2.97. The number of nitrogens with one attached hydrogen (secondary N) is 1. The van der Waals surface area contributed by atoms with E-state index in [1.54, 1.807) is 34.8 Å². The first-order valence-corrected chi connectivity index (χ1v) is 9.76. The van der Waals surface area contributed by atoms with Gasteiger partial charge in [-0.05, 0) is 56.2 Å². The largest absolute Gasteiger partial charge is 0.322 e. The molecule has 7 heteroatoms. The number of sulfonamides is 1. The summed E-state index contributed by atoms with van der Waals surface area (Å²) in [5, 5.41) is 2.74. The van der Waals surface area contributed by atoms with Gasteiger partial charge in [-0.3, -0.25) is 9.78 Å². The van der Waals surface area contributed by atoms with Crippen LogP contribution < -0.4 is 5.32 Å². The van der Waals surface area contributed by atoms with E-state index in [-0.39, 0.29) is 16.8 Å². The Morgan fingerprint density at radius 1 is 1.20 bits per heavy atom. The number of amides is 1. The highest BCUT2D eigenvalue weighted by Crippen LogP contribution is 2.25. The zero-order valence-corrected chi connectivity index (χ0v) is 14.9. The third-order valence-electron chi connectivity index (χ3n) is 4.38. The van der Waals surface area contributed by atoms with E-state index in [0.29, 0.717) is 17.8 Å². The molecule has 2 aromatic rings. The summed E-state index contributed by atoms with van der Waals surface area (Å²) < 4.78 is 27.1. The molecule has 1 aliphatic rings. The molecule has 1 aromatic heterocycles. The first-order chi connectivity index (χ1) is 12.0. The van der Waals surface area contributed by atoms with Gasteiger partial charge in [0.15, 0.2) is 0 Å². The summed E-state index contributed by atoms with van der Waals surface area (Å²) in [6.07, 6.45) is 5.91. The SMILES string of the molecule is C[C@@H]1CCCCN1S(=O)(=O)c1ccc(NC(=O)c2cccnc2)cc1. The van der Waals surface area contributed by atoms with E-state index in [1.807, 2.05) is 6.92 Å². The molecule has 1 aliphatic heterocycles. The number of anilines is 1. The quantitative estimate of drug-likeness (QED) is 0.910. The van der Waals surface area contributed by atoms with E-state index < -0.39 is 10.0 Å². The van der Waals surface area contributed by atoms with Crippen molar-refractivity contribution in [2.45, 2.75) is 37.1 Å². The van der Waals surface area contributed by atoms with Crippen molar-refractivity contribution in [3.05, 3.63) is 54.4 Å². The molecule has 2 heterocycles. The molecule has 25 heavy (non-hydrogen) atoms. The predicted octanol–water partition coefficient (Wildman–Crippen LogP) is 2.90. The van der Waals surface area contributed by atoms with E-state index in [9.17, 15) is 13.2 Å². The van der Waals surface area contributed by atoms with E-state index in [0.717, 1.165) is 19.3 Å². The summed E-state index contributed by atoms with van der Waals surface area (Å²) in [5.41, 5.74) is 0.987. The maximum atomic E-state index is 12.8. The first kappa shape index (κ1) is 17.6. The van der Waals surface area contributed by atoms with Crippen LogP contribution in [0.5, 0.6) is 0 Å². The minimum absolute atomic E-state index is 0.0173. The zero-order valence-electron chi connectivity index (χ0n) is 14.1. The number of carbonyl (C=O) groups is 1. The third kappa shape index (κ3) is 3.88. The molecule has 1 N–H and O–H groups in total. The molecule has 0 bridgehead atoms. The van der Waals surface area contributed by atoms with Crippen LogP contribution in [0, 0.1) is 0 Å². The number of aromatic nitrogens is 1. The number of hydrogen-bond acceptors (Lipinski definition) is 4. The van der Waals surface area contributed by atoms with Gasteiger partial charge in [-0.1, -0.05) is 6.42 Å². The van der Waals surface area contributed by atoms with Gasteiger partial charge in [0.25, 0.3) is 5.91 Å². The molecule has 0 radical (unpaired) electrons. The summed E-state index contributed by atoms with van der Waals surface area (Å²) in [6, 6.07) is 9.66. The Labute approximate surface area is 147 Å². The van der Waals surface area contributed by atoms with Crippen LogP contribution in [0.2, 0.25) is 0 Å². The van der Waals surface area contributed by atoms with Crippen LogP contribution in [0.3, 0.4) is 0 Å². The van der Waals surface area contributed by atoms with Crippen LogP contribution in [0.25, 0.3) is 0 Å². The molecule has 1 saturated heterocycles. The minimum Gasteiger partial charge on any atom is -0.322 e. The maximum Gasteiger partial charge on any atom is 0.257 e. The van der Waals surface area contributed by atoms with Crippen molar-refractivity contribution in [3.8, 4) is 0 Å². The van der Waals surface area contributed by atoms with Crippen LogP contribution in [-0.2, 0) is 10.0 Å². The van der Waals surface area contributed by atoms with Gasteiger partial charge in [0.1, 0.15) is 0 Å². The van der Waals surface area contributed by atoms with E-state index >= 15 is 0 Å². The zero-order chi connectivity index (χ0) is 17.9. The summed E-state index contributed by atoms with van der Waals surface area (Å²) in [5.74, 6) is -0.284. The van der Waals surface area contributed by atoms with Crippen molar-refractivity contribution >= 4 is 21.6 Å². The fourth-order valence-corrected chi connectivity index (χ4v) is 4.67. The van der Waals surface area contributed by atoms with Gasteiger partial charge in [0.05, 0.1) is 10.5 Å². The molecule has 0 unspecified atom stereocenters. The smallest absolute Gasteiger partial charge is 0.257 e. The molecular weight excluding hydrogens is 338 g/mol. The average Bonchev–Trinajstić information content (AvgIpc) is 2.63. The summed E-state index contributed by atoms with van der Waals surface area (Å²) in [7, 11) is -3.50. The monoisotopic (exact) mass is 359 g/mol. The number of nitrogens with zero attached hydrogens (tertiary/aromatic N) is 2. The van der Waals surface area contributed by atoms with Crippen LogP contribution in [0.4, 0.5) is 5.69 Å². The highest BCUT2D eigenvalue weighted by Gasteiger charge is 2.30. The molecule has 1 amide bonds. The minimum atomic E-state index is -3.50. The standard InChI is InChI=1S/C18H21N3O3S/c1-14-5-2-3-12-21(14)25(23,24)17-9-7-16(8-10-17)20-18(22)15-6-4-11-19-13-15/h4,6-11,13-14H,2-3,5,12H2,1H3,(H,20,22)/t14-/m1/s1. The molecule has 0 spiro atoms. The average molecular weight is 359 g/mol. The molecule has 1 aromatic carbocycles. The normalized spacial score (nSPS) is 18.7. The highest BCUT2D eigenvalue weighted by atomic mass is 32.2. The lowest BCUT2D eigenvalue weighted by molar-refractivity contribution is 0.102. The predicted molar refractivity (Wildman–Crippen MR) is 95.8 cm³/mol. The first-order valence-electron chi connectivity index (χ1n) is 8.32. The topological polar surface area (TPSA) is 79.4 Å². The second kappa shape index (κ2) is 7.33. The summed E-state index contributed by atoms with van der Waals surface area (Å²) in [4.78, 5) is 16.3. The molecule has 1 fully saturated rings. The Balaban J connectivity index is 1.74. The van der Waals surface area contributed by atoms with Gasteiger partial charge in [0.2, 0.25) is 10.0 Å². The second-order valence-electron chi connectivity index (χ2n) is 6.18. The number of pyridine rings is 1. The highest BCUT2D eigenvalue weighted by molar-refractivity contribution is 7.89. The lowest BCUT2D eigenvalue weighted by Gasteiger charge is -2.32. The van der Waals surface area contributed by atoms with Gasteiger partial charge < -0.3 is 5.32 Å². The van der Waals surface area contributed by atoms with Gasteiger partial charge in [-0.2, -0.15) is 4.31 Å². The van der Waals surface area contributed by atoms with Crippen molar-refractivity contribution in [3.63, 3.8) is 0 Å². The van der Waals surface area contributed by atoms with Gasteiger partial charge in [-0.15, -0.1) is 0 Å². The van der Waals surface area contributed by atoms with E-state index in [1.165, 1.54) is 18.3 Å². The lowest BCUT2D eigenvalue weighted by Crippen LogP contribution is -2.41.